The van der Waals surface area contributed by atoms with Crippen LogP contribution in [0.25, 0.3) is 0 Å². The minimum atomic E-state index is -5.08. The summed E-state index contributed by atoms with van der Waals surface area (Å²) in [5.41, 5.74) is 0.999. The Kier molecular flexibility index (Phi) is 15.6. The first kappa shape index (κ1) is 41.1. The fourth-order valence-electron chi connectivity index (χ4n) is 3.90. The van der Waals surface area contributed by atoms with Gasteiger partial charge < -0.3 is 29.2 Å². The molecule has 3 N–H and O–H groups in total. The largest absolute Gasteiger partial charge is 0.490 e. The number of hydrogen-bond donors (Lipinski definition) is 3. The summed E-state index contributed by atoms with van der Waals surface area (Å²) in [7, 11) is 0. The second-order valence-corrected chi connectivity index (χ2v) is 9.78. The molecule has 2 aliphatic rings. The van der Waals surface area contributed by atoms with Gasteiger partial charge in [-0.1, -0.05) is 0 Å². The maximum atomic E-state index is 10.6. The Hall–Kier alpha value is -3.95. The van der Waals surface area contributed by atoms with Gasteiger partial charge in [0.2, 0.25) is 0 Å². The van der Waals surface area contributed by atoms with Crippen LogP contribution < -0.4 is 0 Å². The van der Waals surface area contributed by atoms with Crippen LogP contribution in [-0.4, -0.2) is 118 Å². The minimum absolute atomic E-state index is 0.274. The van der Waals surface area contributed by atoms with Crippen LogP contribution >= 0.6 is 0 Å². The summed E-state index contributed by atoms with van der Waals surface area (Å²) in [5.74, 6) is -6.29. The molecule has 12 nitrogen and oxygen atoms in total. The van der Waals surface area contributed by atoms with Crippen LogP contribution in [0.15, 0.2) is 41.1 Å². The van der Waals surface area contributed by atoms with E-state index in [-0.39, 0.29) is 5.60 Å². The summed E-state index contributed by atoms with van der Waals surface area (Å²) in [6.07, 6.45) is -11.5. The molecule has 1 spiro atoms. The normalized spacial score (nSPS) is 19.1. The summed E-state index contributed by atoms with van der Waals surface area (Å²) in [4.78, 5) is 35.6. The molecule has 47 heavy (non-hydrogen) atoms. The first-order valence-electron chi connectivity index (χ1n) is 13.0. The third-order valence-electron chi connectivity index (χ3n) is 5.81. The molecule has 2 aromatic heterocycles. The highest BCUT2D eigenvalue weighted by atomic mass is 19.4. The number of aliphatic carboxylic acids is 3. The van der Waals surface area contributed by atoms with E-state index < -0.39 is 36.4 Å². The highest BCUT2D eigenvalue weighted by molar-refractivity contribution is 5.73. The van der Waals surface area contributed by atoms with Gasteiger partial charge in [-0.05, 0) is 36.8 Å². The van der Waals surface area contributed by atoms with Crippen molar-refractivity contribution in [1.82, 2.24) is 14.8 Å². The van der Waals surface area contributed by atoms with Crippen LogP contribution in [0.5, 0.6) is 0 Å². The number of alkyl halides is 9. The average Bonchev–Trinajstić information content (AvgIpc) is 3.25. The highest BCUT2D eigenvalue weighted by Gasteiger charge is 2.41. The molecule has 0 radical (unpaired) electrons. The van der Waals surface area contributed by atoms with E-state index in [4.69, 9.17) is 43.6 Å². The van der Waals surface area contributed by atoms with Gasteiger partial charge in [0, 0.05) is 45.1 Å². The van der Waals surface area contributed by atoms with Crippen LogP contribution in [0.4, 0.5) is 39.5 Å². The third-order valence-corrected chi connectivity index (χ3v) is 5.81. The molecule has 0 saturated carbocycles. The van der Waals surface area contributed by atoms with Crippen molar-refractivity contribution in [2.24, 2.45) is 0 Å². The molecule has 1 atom stereocenters. The zero-order chi connectivity index (χ0) is 36.1. The lowest BCUT2D eigenvalue weighted by Gasteiger charge is -2.43. The molecule has 21 heteroatoms. The van der Waals surface area contributed by atoms with E-state index in [1.165, 1.54) is 5.56 Å². The molecule has 4 heterocycles. The molecule has 2 saturated heterocycles. The smallest absolute Gasteiger partial charge is 0.475 e. The quantitative estimate of drug-likeness (QED) is 0.394. The van der Waals surface area contributed by atoms with Crippen LogP contribution in [0.2, 0.25) is 0 Å². The van der Waals surface area contributed by atoms with Crippen molar-refractivity contribution >= 4 is 17.9 Å². The summed E-state index contributed by atoms with van der Waals surface area (Å²) < 4.78 is 113. The predicted molar refractivity (Wildman–Crippen MR) is 139 cm³/mol. The molecule has 2 fully saturated rings. The maximum Gasteiger partial charge on any atom is 0.490 e. The Balaban J connectivity index is 0.000000430. The Morgan fingerprint density at radius 3 is 1.64 bits per heavy atom. The molecule has 2 aromatic rings. The number of carboxylic acid groups (broad SMARTS) is 3. The van der Waals surface area contributed by atoms with Crippen molar-refractivity contribution in [3.8, 4) is 0 Å². The zero-order valence-electron chi connectivity index (χ0n) is 24.4. The fourth-order valence-corrected chi connectivity index (χ4v) is 3.90. The number of aryl methyl sites for hydroxylation is 1. The molecular weight excluding hydrogens is 669 g/mol. The van der Waals surface area contributed by atoms with E-state index in [9.17, 15) is 39.5 Å². The van der Waals surface area contributed by atoms with Crippen molar-refractivity contribution in [2.75, 3.05) is 46.0 Å². The summed E-state index contributed by atoms with van der Waals surface area (Å²) in [6.45, 7) is 9.41. The molecule has 0 amide bonds. The van der Waals surface area contributed by atoms with Gasteiger partial charge in [0.05, 0.1) is 26.4 Å². The number of rotatable bonds is 4. The number of carbonyl (C=O) groups is 3. The van der Waals surface area contributed by atoms with Crippen LogP contribution in [-0.2, 0) is 36.9 Å². The van der Waals surface area contributed by atoms with Crippen LogP contribution in [0.3, 0.4) is 0 Å². The molecule has 1 unspecified atom stereocenters. The monoisotopic (exact) mass is 699 g/mol. The number of halogens is 9. The predicted octanol–water partition coefficient (Wildman–Crippen LogP) is 3.99. The average molecular weight is 700 g/mol. The number of morpholine rings is 1. The Morgan fingerprint density at radius 1 is 0.766 bits per heavy atom. The second kappa shape index (κ2) is 17.8. The number of ether oxygens (including phenoxy) is 2. The number of pyridine rings is 1. The van der Waals surface area contributed by atoms with Crippen molar-refractivity contribution in [3.05, 3.63) is 53.7 Å². The lowest BCUT2D eigenvalue weighted by molar-refractivity contribution is -0.193. The fraction of sp³-hybridized carbons (Fsp3) is 0.538. The van der Waals surface area contributed by atoms with Crippen molar-refractivity contribution in [3.63, 3.8) is 0 Å². The lowest BCUT2D eigenvalue weighted by Crippen LogP contribution is -2.58. The minimum Gasteiger partial charge on any atom is -0.475 e. The second-order valence-electron chi connectivity index (χ2n) is 9.78. The van der Waals surface area contributed by atoms with Gasteiger partial charge in [-0.2, -0.15) is 39.5 Å². The van der Waals surface area contributed by atoms with E-state index in [1.54, 1.807) is 0 Å². The molecule has 0 aliphatic carbocycles. The standard InChI is InChI=1S/C20H27N3O3.3C2HF3O2/c1-17-2-3-19(26-17)13-23-9-11-25-20(15-23)14-22(8-10-24-16-20)12-18-4-6-21-7-5-18;3*3-2(4,5)1(6)7/h2-7H,8-16H2,1H3;3*(H,6,7). The number of furan rings is 1. The van der Waals surface area contributed by atoms with E-state index in [2.05, 4.69) is 33.0 Å². The number of nitrogens with zero attached hydrogens (tertiary/aromatic N) is 3. The molecule has 4 rings (SSSR count). The van der Waals surface area contributed by atoms with E-state index in [0.717, 1.165) is 64.0 Å². The summed E-state index contributed by atoms with van der Waals surface area (Å²) in [6, 6.07) is 8.24. The van der Waals surface area contributed by atoms with Crippen LogP contribution in [0.1, 0.15) is 17.1 Å². The van der Waals surface area contributed by atoms with Gasteiger partial charge in [-0.25, -0.2) is 14.4 Å². The highest BCUT2D eigenvalue weighted by Crippen LogP contribution is 2.25. The number of carboxylic acids is 3. The topological polar surface area (TPSA) is 163 Å². The first-order valence-corrected chi connectivity index (χ1v) is 13.0. The molecule has 0 bridgehead atoms. The van der Waals surface area contributed by atoms with Crippen LogP contribution in [0, 0.1) is 6.92 Å². The van der Waals surface area contributed by atoms with Crippen molar-refractivity contribution < 1.29 is 83.1 Å². The Bertz CT molecular complexity index is 1220. The summed E-state index contributed by atoms with van der Waals surface area (Å²) >= 11 is 0. The van der Waals surface area contributed by atoms with Gasteiger partial charge in [0.25, 0.3) is 0 Å². The lowest BCUT2D eigenvalue weighted by atomic mass is 10.0. The molecular formula is C26H30F9N3O9. The zero-order valence-corrected chi connectivity index (χ0v) is 24.4. The first-order chi connectivity index (χ1) is 21.5. The third kappa shape index (κ3) is 16.4. The molecule has 2 aliphatic heterocycles. The Labute approximate surface area is 260 Å². The van der Waals surface area contributed by atoms with Crippen molar-refractivity contribution in [1.29, 1.82) is 0 Å². The van der Waals surface area contributed by atoms with E-state index >= 15 is 0 Å². The maximum absolute atomic E-state index is 10.6. The van der Waals surface area contributed by atoms with E-state index in [0.29, 0.717) is 6.61 Å². The van der Waals surface area contributed by atoms with Gasteiger partial charge in [0.1, 0.15) is 17.1 Å². The van der Waals surface area contributed by atoms with Gasteiger partial charge in [0.15, 0.2) is 0 Å². The Morgan fingerprint density at radius 2 is 1.21 bits per heavy atom. The van der Waals surface area contributed by atoms with Gasteiger partial charge in [-0.15, -0.1) is 0 Å². The van der Waals surface area contributed by atoms with Crippen molar-refractivity contribution in [2.45, 2.75) is 44.1 Å². The molecule has 0 aromatic carbocycles. The molecule has 266 valence electrons. The number of aromatic nitrogens is 1. The SMILES string of the molecule is Cc1ccc(CN2CCOC3(COCCN(Cc4ccncc4)C3)C2)o1.O=C(O)C(F)(F)F.O=C(O)C(F)(F)F.O=C(O)C(F)(F)F. The number of hydrogen-bond acceptors (Lipinski definition) is 9. The summed E-state index contributed by atoms with van der Waals surface area (Å²) in [5, 5.41) is 21.4. The van der Waals surface area contributed by atoms with Gasteiger partial charge in [-0.3, -0.25) is 14.8 Å². The van der Waals surface area contributed by atoms with Gasteiger partial charge >= 0.3 is 36.4 Å². The van der Waals surface area contributed by atoms with E-state index in [1.807, 2.05) is 25.4 Å².